The number of ether oxygens (including phenoxy) is 1. The molecule has 1 N–H and O–H groups in total. The van der Waals surface area contributed by atoms with Crippen LogP contribution in [0.1, 0.15) is 16.9 Å². The Labute approximate surface area is 183 Å². The molecule has 2 aromatic carbocycles. The van der Waals surface area contributed by atoms with Crippen LogP contribution in [0.4, 0.5) is 0 Å². The largest absolute Gasteiger partial charge is 0.507 e. The average Bonchev–Trinajstić information content (AvgIpc) is 3.40. The van der Waals surface area contributed by atoms with Gasteiger partial charge < -0.3 is 14.3 Å². The molecule has 31 heavy (non-hydrogen) atoms. The normalized spacial score (nSPS) is 16.7. The molecule has 4 rings (SSSR count). The molecule has 8 heteroatoms. The first-order valence-electron chi connectivity index (χ1n) is 9.41. The van der Waals surface area contributed by atoms with E-state index in [1.54, 1.807) is 55.8 Å². The number of benzene rings is 2. The van der Waals surface area contributed by atoms with E-state index in [-0.39, 0.29) is 18.2 Å². The maximum atomic E-state index is 13.1. The fraction of sp³-hybridized carbons (Fsp3) is 0.0870. The molecular weight excluding hydrogens is 414 g/mol. The lowest BCUT2D eigenvalue weighted by molar-refractivity contribution is -0.122. The van der Waals surface area contributed by atoms with Gasteiger partial charge in [0, 0.05) is 11.1 Å². The van der Waals surface area contributed by atoms with E-state index in [1.165, 1.54) is 22.9 Å². The van der Waals surface area contributed by atoms with Gasteiger partial charge in [-0.05, 0) is 48.2 Å². The first-order valence-corrected chi connectivity index (χ1v) is 10.2. The zero-order chi connectivity index (χ0) is 21.6. The molecule has 2 heterocycles. The molecule has 1 aromatic heterocycles. The summed E-state index contributed by atoms with van der Waals surface area (Å²) >= 11 is 1.22. The first-order chi connectivity index (χ1) is 15.2. The summed E-state index contributed by atoms with van der Waals surface area (Å²) in [5.74, 6) is 1.20. The molecule has 1 amide bonds. The van der Waals surface area contributed by atoms with E-state index in [1.807, 2.05) is 24.3 Å². The minimum atomic E-state index is -0.205. The molecule has 0 unspecified atom stereocenters. The van der Waals surface area contributed by atoms with E-state index in [0.29, 0.717) is 27.1 Å². The molecule has 0 atom stereocenters. The molecule has 0 spiro atoms. The Morgan fingerprint density at radius 2 is 1.87 bits per heavy atom. The Morgan fingerprint density at radius 3 is 2.61 bits per heavy atom. The van der Waals surface area contributed by atoms with Gasteiger partial charge in [0.2, 0.25) is 0 Å². The number of thioether (sulfide) groups is 1. The standard InChI is InChI=1S/C23H19N3O4S/c1-29-20-11-5-3-7-16(20)13-21-22(28)26(15-18-9-6-12-30-18)23(31-21)25-24-14-17-8-2-4-10-19(17)27/h2-14,27H,15H2,1H3/b21-13-,24-14+,25-23-. The van der Waals surface area contributed by atoms with Gasteiger partial charge in [0.15, 0.2) is 5.17 Å². The number of nitrogens with zero attached hydrogens (tertiary/aromatic N) is 3. The van der Waals surface area contributed by atoms with Crippen molar-refractivity contribution in [1.29, 1.82) is 0 Å². The van der Waals surface area contributed by atoms with Gasteiger partial charge in [0.1, 0.15) is 17.3 Å². The van der Waals surface area contributed by atoms with Crippen molar-refractivity contribution in [1.82, 2.24) is 4.90 Å². The lowest BCUT2D eigenvalue weighted by atomic mass is 10.2. The van der Waals surface area contributed by atoms with E-state index in [2.05, 4.69) is 10.2 Å². The zero-order valence-corrected chi connectivity index (χ0v) is 17.5. The average molecular weight is 433 g/mol. The van der Waals surface area contributed by atoms with Crippen molar-refractivity contribution >= 4 is 35.1 Å². The van der Waals surface area contributed by atoms with Crippen molar-refractivity contribution in [2.45, 2.75) is 6.54 Å². The first kappa shape index (κ1) is 20.5. The Bertz CT molecular complexity index is 1170. The van der Waals surface area contributed by atoms with Crippen molar-refractivity contribution in [3.8, 4) is 11.5 Å². The maximum Gasteiger partial charge on any atom is 0.267 e. The number of methoxy groups -OCH3 is 1. The summed E-state index contributed by atoms with van der Waals surface area (Å²) in [5, 5.41) is 18.6. The number of amides is 1. The van der Waals surface area contributed by atoms with Gasteiger partial charge in [-0.2, -0.15) is 5.10 Å². The van der Waals surface area contributed by atoms with Gasteiger partial charge in [0.25, 0.3) is 5.91 Å². The summed E-state index contributed by atoms with van der Waals surface area (Å²) in [6.07, 6.45) is 4.78. The highest BCUT2D eigenvalue weighted by Gasteiger charge is 2.34. The van der Waals surface area contributed by atoms with Gasteiger partial charge in [-0.3, -0.25) is 9.69 Å². The number of phenols is 1. The molecule has 1 saturated heterocycles. The van der Waals surface area contributed by atoms with Gasteiger partial charge in [-0.1, -0.05) is 30.3 Å². The predicted molar refractivity (Wildman–Crippen MR) is 121 cm³/mol. The van der Waals surface area contributed by atoms with E-state index < -0.39 is 0 Å². The highest BCUT2D eigenvalue weighted by atomic mass is 32.2. The van der Waals surface area contributed by atoms with Crippen LogP contribution in [0.3, 0.4) is 0 Å². The van der Waals surface area contributed by atoms with Crippen LogP contribution in [-0.2, 0) is 11.3 Å². The highest BCUT2D eigenvalue weighted by molar-refractivity contribution is 8.18. The number of carbonyl (C=O) groups is 1. The molecule has 7 nitrogen and oxygen atoms in total. The van der Waals surface area contributed by atoms with Crippen LogP contribution in [0.2, 0.25) is 0 Å². The quantitative estimate of drug-likeness (QED) is 0.351. The summed E-state index contributed by atoms with van der Waals surface area (Å²) < 4.78 is 10.8. The number of furan rings is 1. The minimum absolute atomic E-state index is 0.103. The second-order valence-corrected chi connectivity index (χ2v) is 7.52. The van der Waals surface area contributed by atoms with Crippen molar-refractivity contribution in [3.63, 3.8) is 0 Å². The molecule has 0 aliphatic carbocycles. The lowest BCUT2D eigenvalue weighted by Crippen LogP contribution is -2.28. The van der Waals surface area contributed by atoms with Gasteiger partial charge >= 0.3 is 0 Å². The minimum Gasteiger partial charge on any atom is -0.507 e. The van der Waals surface area contributed by atoms with Crippen LogP contribution >= 0.6 is 11.8 Å². The van der Waals surface area contributed by atoms with Crippen LogP contribution in [-0.4, -0.2) is 34.4 Å². The number of rotatable bonds is 6. The van der Waals surface area contributed by atoms with Gasteiger partial charge in [-0.15, -0.1) is 5.10 Å². The molecule has 3 aromatic rings. The number of para-hydroxylation sites is 2. The Balaban J connectivity index is 1.65. The van der Waals surface area contributed by atoms with Crippen LogP contribution in [0.5, 0.6) is 11.5 Å². The maximum absolute atomic E-state index is 13.1. The fourth-order valence-corrected chi connectivity index (χ4v) is 3.87. The van der Waals surface area contributed by atoms with E-state index in [4.69, 9.17) is 9.15 Å². The molecule has 156 valence electrons. The van der Waals surface area contributed by atoms with E-state index in [0.717, 1.165) is 5.56 Å². The summed E-state index contributed by atoms with van der Waals surface area (Å²) in [6, 6.07) is 17.8. The van der Waals surface area contributed by atoms with E-state index in [9.17, 15) is 9.90 Å². The highest BCUT2D eigenvalue weighted by Crippen LogP contribution is 2.35. The van der Waals surface area contributed by atoms with Crippen molar-refractivity contribution in [3.05, 3.63) is 88.7 Å². The van der Waals surface area contributed by atoms with E-state index >= 15 is 0 Å². The number of amidine groups is 1. The van der Waals surface area contributed by atoms with Crippen LogP contribution < -0.4 is 4.74 Å². The second-order valence-electron chi connectivity index (χ2n) is 6.51. The van der Waals surface area contributed by atoms with Crippen LogP contribution in [0.25, 0.3) is 6.08 Å². The third kappa shape index (κ3) is 4.70. The third-order valence-electron chi connectivity index (χ3n) is 4.48. The second kappa shape index (κ2) is 9.36. The Kier molecular flexibility index (Phi) is 6.18. The van der Waals surface area contributed by atoms with Crippen molar-refractivity contribution in [2.24, 2.45) is 10.2 Å². The number of phenolic OH excluding ortho intramolecular Hbond substituents is 1. The monoisotopic (exact) mass is 433 g/mol. The molecule has 0 radical (unpaired) electrons. The number of carbonyl (C=O) groups excluding carboxylic acids is 1. The zero-order valence-electron chi connectivity index (χ0n) is 16.6. The Hall–Kier alpha value is -3.78. The molecule has 1 fully saturated rings. The smallest absolute Gasteiger partial charge is 0.267 e. The molecule has 1 aliphatic rings. The van der Waals surface area contributed by atoms with Crippen LogP contribution in [0, 0.1) is 0 Å². The third-order valence-corrected chi connectivity index (χ3v) is 5.48. The summed E-state index contributed by atoms with van der Waals surface area (Å²) in [5.41, 5.74) is 1.32. The van der Waals surface area contributed by atoms with Gasteiger partial charge in [0.05, 0.1) is 31.0 Å². The molecule has 0 bridgehead atoms. The number of aromatic hydroxyl groups is 1. The SMILES string of the molecule is COc1ccccc1/C=C1\S/C(=N\N=C\c2ccccc2O)N(Cc2ccco2)C1=O. The summed E-state index contributed by atoms with van der Waals surface area (Å²) in [6.45, 7) is 0.229. The van der Waals surface area contributed by atoms with Crippen molar-refractivity contribution < 1.29 is 19.1 Å². The number of hydrogen-bond acceptors (Lipinski definition) is 7. The Morgan fingerprint density at radius 1 is 1.10 bits per heavy atom. The van der Waals surface area contributed by atoms with Gasteiger partial charge in [-0.25, -0.2) is 0 Å². The lowest BCUT2D eigenvalue weighted by Gasteiger charge is -2.12. The fourth-order valence-electron chi connectivity index (χ4n) is 2.94. The summed E-state index contributed by atoms with van der Waals surface area (Å²) in [7, 11) is 1.59. The predicted octanol–water partition coefficient (Wildman–Crippen LogP) is 4.50. The molecular formula is C23H19N3O4S. The van der Waals surface area contributed by atoms with Crippen LogP contribution in [0.15, 0.2) is 86.5 Å². The molecule has 1 aliphatic heterocycles. The number of hydrogen-bond donors (Lipinski definition) is 1. The molecule has 0 saturated carbocycles. The summed E-state index contributed by atoms with van der Waals surface area (Å²) in [4.78, 5) is 15.1. The van der Waals surface area contributed by atoms with Crippen molar-refractivity contribution in [2.75, 3.05) is 7.11 Å². The topological polar surface area (TPSA) is 87.6 Å².